The molecule has 20 heavy (non-hydrogen) atoms. The lowest BCUT2D eigenvalue weighted by atomic mass is 9.93. The van der Waals surface area contributed by atoms with Gasteiger partial charge in [-0.1, -0.05) is 0 Å². The lowest BCUT2D eigenvalue weighted by molar-refractivity contribution is 0.0715. The number of hydrogen-bond donors (Lipinski definition) is 1. The first-order valence-electron chi connectivity index (χ1n) is 7.76. The summed E-state index contributed by atoms with van der Waals surface area (Å²) in [5.74, 6) is 0.0576. The van der Waals surface area contributed by atoms with Crippen LogP contribution in [0.3, 0.4) is 0 Å². The van der Waals surface area contributed by atoms with E-state index in [0.29, 0.717) is 12.1 Å². The van der Waals surface area contributed by atoms with E-state index in [1.807, 2.05) is 16.5 Å². The molecule has 2 aliphatic rings. The van der Waals surface area contributed by atoms with E-state index in [4.69, 9.17) is 0 Å². The summed E-state index contributed by atoms with van der Waals surface area (Å²) in [6.45, 7) is 4.52. The number of nitrogens with zero attached hydrogens (tertiary/aromatic N) is 3. The van der Waals surface area contributed by atoms with Gasteiger partial charge in [0.15, 0.2) is 5.69 Å². The summed E-state index contributed by atoms with van der Waals surface area (Å²) in [7, 11) is 0. The Morgan fingerprint density at radius 2 is 2.10 bits per heavy atom. The molecule has 0 saturated carbocycles. The second-order valence-electron chi connectivity index (χ2n) is 5.84. The van der Waals surface area contributed by atoms with Crippen LogP contribution in [0, 0.1) is 0 Å². The van der Waals surface area contributed by atoms with Crippen molar-refractivity contribution in [3.8, 4) is 0 Å². The molecule has 1 aliphatic carbocycles. The fourth-order valence-electron chi connectivity index (χ4n) is 3.35. The molecule has 1 N–H and O–H groups in total. The summed E-state index contributed by atoms with van der Waals surface area (Å²) in [5.41, 5.74) is 2.72. The molecule has 2 heterocycles. The van der Waals surface area contributed by atoms with E-state index >= 15 is 0 Å². The maximum absolute atomic E-state index is 12.7. The number of aliphatic hydroxyl groups excluding tert-OH is 1. The van der Waals surface area contributed by atoms with Gasteiger partial charge in [0.05, 0.1) is 6.10 Å². The van der Waals surface area contributed by atoms with Crippen LogP contribution in [-0.4, -0.2) is 44.9 Å². The number of likely N-dealkylation sites (tertiary alicyclic amines) is 1. The molecule has 110 valence electrons. The SMILES string of the molecule is CCn1nc(C(=O)N2CCCCC2)c2c1CC[C@H](O)C2. The van der Waals surface area contributed by atoms with Gasteiger partial charge in [-0.15, -0.1) is 0 Å². The van der Waals surface area contributed by atoms with Crippen molar-refractivity contribution in [2.75, 3.05) is 13.1 Å². The number of rotatable bonds is 2. The van der Waals surface area contributed by atoms with Gasteiger partial charge in [-0.2, -0.15) is 5.10 Å². The highest BCUT2D eigenvalue weighted by atomic mass is 16.3. The number of carbonyl (C=O) groups is 1. The third kappa shape index (κ3) is 2.35. The maximum Gasteiger partial charge on any atom is 0.274 e. The Kier molecular flexibility index (Phi) is 3.78. The Morgan fingerprint density at radius 3 is 2.80 bits per heavy atom. The van der Waals surface area contributed by atoms with Crippen molar-refractivity contribution in [2.24, 2.45) is 0 Å². The maximum atomic E-state index is 12.7. The van der Waals surface area contributed by atoms with E-state index in [1.165, 1.54) is 6.42 Å². The Bertz CT molecular complexity index is 503. The van der Waals surface area contributed by atoms with Gasteiger partial charge in [-0.25, -0.2) is 0 Å². The third-order valence-corrected chi connectivity index (χ3v) is 4.47. The van der Waals surface area contributed by atoms with Gasteiger partial charge in [-0.3, -0.25) is 9.48 Å². The Morgan fingerprint density at radius 1 is 1.35 bits per heavy atom. The number of fused-ring (bicyclic) bond motifs is 1. The second kappa shape index (κ2) is 5.56. The van der Waals surface area contributed by atoms with Crippen molar-refractivity contribution in [1.29, 1.82) is 0 Å². The molecule has 3 rings (SSSR count). The fourth-order valence-corrected chi connectivity index (χ4v) is 3.35. The predicted octanol–water partition coefficient (Wildman–Crippen LogP) is 1.38. The van der Waals surface area contributed by atoms with Gasteiger partial charge in [0.2, 0.25) is 0 Å². The molecule has 0 unspecified atom stereocenters. The number of amides is 1. The topological polar surface area (TPSA) is 58.4 Å². The zero-order chi connectivity index (χ0) is 14.1. The number of carbonyl (C=O) groups excluding carboxylic acids is 1. The number of aryl methyl sites for hydroxylation is 1. The summed E-state index contributed by atoms with van der Waals surface area (Å²) < 4.78 is 1.94. The second-order valence-corrected chi connectivity index (χ2v) is 5.84. The largest absolute Gasteiger partial charge is 0.393 e. The lowest BCUT2D eigenvalue weighted by Gasteiger charge is -2.26. The normalized spacial score (nSPS) is 22.7. The molecule has 1 saturated heterocycles. The van der Waals surface area contributed by atoms with Crippen LogP contribution in [0.5, 0.6) is 0 Å². The Balaban J connectivity index is 1.92. The molecule has 1 amide bonds. The van der Waals surface area contributed by atoms with E-state index in [0.717, 1.165) is 56.6 Å². The third-order valence-electron chi connectivity index (χ3n) is 4.47. The first-order valence-corrected chi connectivity index (χ1v) is 7.76. The quantitative estimate of drug-likeness (QED) is 0.888. The van der Waals surface area contributed by atoms with Crippen LogP contribution < -0.4 is 0 Å². The molecule has 0 aromatic carbocycles. The molecule has 1 atom stereocenters. The van der Waals surface area contributed by atoms with Crippen molar-refractivity contribution in [2.45, 2.75) is 58.1 Å². The van der Waals surface area contributed by atoms with Crippen molar-refractivity contribution in [3.05, 3.63) is 17.0 Å². The van der Waals surface area contributed by atoms with Crippen molar-refractivity contribution in [1.82, 2.24) is 14.7 Å². The van der Waals surface area contributed by atoms with Crippen molar-refractivity contribution >= 4 is 5.91 Å². The van der Waals surface area contributed by atoms with Gasteiger partial charge in [0, 0.05) is 37.3 Å². The molecule has 5 nitrogen and oxygen atoms in total. The highest BCUT2D eigenvalue weighted by Gasteiger charge is 2.30. The van der Waals surface area contributed by atoms with Crippen molar-refractivity contribution in [3.63, 3.8) is 0 Å². The summed E-state index contributed by atoms with van der Waals surface area (Å²) in [4.78, 5) is 14.6. The average Bonchev–Trinajstić information content (AvgIpc) is 2.85. The van der Waals surface area contributed by atoms with Crippen LogP contribution in [0.15, 0.2) is 0 Å². The monoisotopic (exact) mass is 277 g/mol. The lowest BCUT2D eigenvalue weighted by Crippen LogP contribution is -2.36. The van der Waals surface area contributed by atoms with Crippen LogP contribution in [0.25, 0.3) is 0 Å². The summed E-state index contributed by atoms with van der Waals surface area (Å²) in [5, 5.41) is 14.4. The number of piperidine rings is 1. The Labute approximate surface area is 119 Å². The first-order chi connectivity index (χ1) is 9.70. The smallest absolute Gasteiger partial charge is 0.274 e. The van der Waals surface area contributed by atoms with Crippen LogP contribution in [0.1, 0.15) is 54.4 Å². The molecule has 5 heteroatoms. The fraction of sp³-hybridized carbons (Fsp3) is 0.733. The van der Waals surface area contributed by atoms with E-state index in [1.54, 1.807) is 0 Å². The highest BCUT2D eigenvalue weighted by Crippen LogP contribution is 2.26. The molecular weight excluding hydrogens is 254 g/mol. The number of hydrogen-bond acceptors (Lipinski definition) is 3. The van der Waals surface area contributed by atoms with E-state index in [-0.39, 0.29) is 12.0 Å². The van der Waals surface area contributed by atoms with E-state index in [2.05, 4.69) is 5.10 Å². The predicted molar refractivity (Wildman–Crippen MR) is 75.7 cm³/mol. The molecule has 1 aliphatic heterocycles. The molecule has 1 aromatic heterocycles. The molecular formula is C15H23N3O2. The molecule has 1 aromatic rings. The summed E-state index contributed by atoms with van der Waals surface area (Å²) in [6.07, 6.45) is 5.23. The van der Waals surface area contributed by atoms with E-state index in [9.17, 15) is 9.90 Å². The molecule has 1 fully saturated rings. The Hall–Kier alpha value is -1.36. The summed E-state index contributed by atoms with van der Waals surface area (Å²) >= 11 is 0. The van der Waals surface area contributed by atoms with Crippen LogP contribution in [-0.2, 0) is 19.4 Å². The van der Waals surface area contributed by atoms with Crippen molar-refractivity contribution < 1.29 is 9.90 Å². The van der Waals surface area contributed by atoms with Gasteiger partial charge in [0.1, 0.15) is 0 Å². The number of aromatic nitrogens is 2. The average molecular weight is 277 g/mol. The summed E-state index contributed by atoms with van der Waals surface area (Å²) in [6, 6.07) is 0. The van der Waals surface area contributed by atoms with E-state index < -0.39 is 0 Å². The van der Waals surface area contributed by atoms with Crippen LogP contribution in [0.2, 0.25) is 0 Å². The minimum absolute atomic E-state index is 0.0576. The highest BCUT2D eigenvalue weighted by molar-refractivity contribution is 5.94. The standard InChI is InChI=1S/C15H23N3O2/c1-2-18-13-7-6-11(19)10-12(13)14(16-18)15(20)17-8-4-3-5-9-17/h11,19H,2-10H2,1H3/t11-/m0/s1. The minimum atomic E-state index is -0.329. The van der Waals surface area contributed by atoms with Gasteiger partial charge in [0.25, 0.3) is 5.91 Å². The zero-order valence-electron chi connectivity index (χ0n) is 12.1. The van der Waals surface area contributed by atoms with Gasteiger partial charge >= 0.3 is 0 Å². The molecule has 0 radical (unpaired) electrons. The van der Waals surface area contributed by atoms with Crippen LogP contribution in [0.4, 0.5) is 0 Å². The van der Waals surface area contributed by atoms with Crippen LogP contribution >= 0.6 is 0 Å². The zero-order valence-corrected chi connectivity index (χ0v) is 12.1. The molecule has 0 spiro atoms. The number of aliphatic hydroxyl groups is 1. The van der Waals surface area contributed by atoms with Gasteiger partial charge < -0.3 is 10.0 Å². The minimum Gasteiger partial charge on any atom is -0.393 e. The van der Waals surface area contributed by atoms with Gasteiger partial charge in [-0.05, 0) is 39.0 Å². The first kappa shape index (κ1) is 13.6. The molecule has 0 bridgehead atoms.